The molecule has 1 unspecified atom stereocenters. The summed E-state index contributed by atoms with van der Waals surface area (Å²) in [5, 5.41) is 4.76. The maximum atomic E-state index is 6.21. The summed E-state index contributed by atoms with van der Waals surface area (Å²) >= 11 is 12.4. The van der Waals surface area contributed by atoms with Crippen molar-refractivity contribution in [2.45, 2.75) is 38.6 Å². The van der Waals surface area contributed by atoms with Crippen LogP contribution in [-0.2, 0) is 5.41 Å². The average Bonchev–Trinajstić information content (AvgIpc) is 2.43. The zero-order valence-corrected chi connectivity index (χ0v) is 14.2. The van der Waals surface area contributed by atoms with Crippen LogP contribution < -0.4 is 5.32 Å². The lowest BCUT2D eigenvalue weighted by atomic mass is 9.79. The first-order valence-corrected chi connectivity index (χ1v) is 7.92. The van der Waals surface area contributed by atoms with Crippen molar-refractivity contribution in [2.24, 2.45) is 0 Å². The highest BCUT2D eigenvalue weighted by molar-refractivity contribution is 6.39. The molecule has 0 heterocycles. The number of benzene rings is 2. The maximum absolute atomic E-state index is 6.21. The van der Waals surface area contributed by atoms with Crippen LogP contribution in [0.1, 0.15) is 32.8 Å². The Bertz CT molecular complexity index is 573. The van der Waals surface area contributed by atoms with Crippen molar-refractivity contribution >= 4 is 28.9 Å². The Morgan fingerprint density at radius 3 is 2.10 bits per heavy atom. The van der Waals surface area contributed by atoms with Gasteiger partial charge in [-0.2, -0.15) is 0 Å². The van der Waals surface area contributed by atoms with Crippen molar-refractivity contribution in [3.63, 3.8) is 0 Å². The van der Waals surface area contributed by atoms with E-state index >= 15 is 0 Å². The fourth-order valence-corrected chi connectivity index (χ4v) is 3.21. The molecular formula is C18H21Cl2N. The minimum absolute atomic E-state index is 0.0847. The highest BCUT2D eigenvalue weighted by Crippen LogP contribution is 2.33. The van der Waals surface area contributed by atoms with Crippen molar-refractivity contribution in [3.05, 3.63) is 64.1 Å². The molecule has 0 aliphatic carbocycles. The van der Waals surface area contributed by atoms with Crippen LogP contribution in [0.15, 0.2) is 48.5 Å². The Morgan fingerprint density at radius 2 is 1.52 bits per heavy atom. The molecule has 21 heavy (non-hydrogen) atoms. The highest BCUT2D eigenvalue weighted by Gasteiger charge is 2.23. The van der Waals surface area contributed by atoms with Gasteiger partial charge in [0.25, 0.3) is 0 Å². The van der Waals surface area contributed by atoms with Crippen LogP contribution in [0.4, 0.5) is 5.69 Å². The summed E-state index contributed by atoms with van der Waals surface area (Å²) in [4.78, 5) is 0. The molecule has 0 aliphatic rings. The van der Waals surface area contributed by atoms with Gasteiger partial charge in [-0.3, -0.25) is 0 Å². The molecule has 2 aromatic carbocycles. The van der Waals surface area contributed by atoms with E-state index in [-0.39, 0.29) is 11.5 Å². The van der Waals surface area contributed by atoms with Crippen LogP contribution in [0, 0.1) is 0 Å². The fraction of sp³-hybridized carbons (Fsp3) is 0.333. The molecule has 3 heteroatoms. The predicted octanol–water partition coefficient (Wildman–Crippen LogP) is 6.16. The summed E-state index contributed by atoms with van der Waals surface area (Å²) < 4.78 is 0. The van der Waals surface area contributed by atoms with Gasteiger partial charge < -0.3 is 5.32 Å². The number of hydrogen-bond donors (Lipinski definition) is 1. The quantitative estimate of drug-likeness (QED) is 0.695. The molecule has 0 aromatic heterocycles. The molecule has 112 valence electrons. The van der Waals surface area contributed by atoms with Crippen LogP contribution >= 0.6 is 23.2 Å². The summed E-state index contributed by atoms with van der Waals surface area (Å²) in [6.45, 7) is 6.67. The normalized spacial score (nSPS) is 13.0. The van der Waals surface area contributed by atoms with Gasteiger partial charge in [-0.1, -0.05) is 73.4 Å². The van der Waals surface area contributed by atoms with Gasteiger partial charge in [0.2, 0.25) is 0 Å². The lowest BCUT2D eigenvalue weighted by Crippen LogP contribution is -2.28. The zero-order chi connectivity index (χ0) is 15.5. The molecule has 1 nitrogen and oxygen atoms in total. The monoisotopic (exact) mass is 321 g/mol. The summed E-state index contributed by atoms with van der Waals surface area (Å²) in [5.74, 6) is 0. The second kappa shape index (κ2) is 6.72. The van der Waals surface area contributed by atoms with E-state index in [1.54, 1.807) is 0 Å². The lowest BCUT2D eigenvalue weighted by molar-refractivity contribution is 0.450. The minimum Gasteiger partial charge on any atom is -0.380 e. The van der Waals surface area contributed by atoms with Crippen molar-refractivity contribution in [2.75, 3.05) is 5.32 Å². The van der Waals surface area contributed by atoms with E-state index in [1.165, 1.54) is 5.56 Å². The van der Waals surface area contributed by atoms with Crippen molar-refractivity contribution < 1.29 is 0 Å². The number of para-hydroxylation sites is 1. The first-order chi connectivity index (χ1) is 9.90. The van der Waals surface area contributed by atoms with Crippen molar-refractivity contribution in [3.8, 4) is 0 Å². The Hall–Kier alpha value is -1.18. The molecule has 0 amide bonds. The fourth-order valence-electron chi connectivity index (χ4n) is 2.71. The Labute approximate surface area is 137 Å². The first kappa shape index (κ1) is 16.2. The third kappa shape index (κ3) is 4.15. The van der Waals surface area contributed by atoms with Crippen LogP contribution in [0.3, 0.4) is 0 Å². The van der Waals surface area contributed by atoms with E-state index in [1.807, 2.05) is 24.3 Å². The van der Waals surface area contributed by atoms with Gasteiger partial charge in [0.05, 0.1) is 15.7 Å². The Balaban J connectivity index is 2.10. The number of rotatable bonds is 5. The van der Waals surface area contributed by atoms with Gasteiger partial charge in [-0.05, 0) is 36.5 Å². The summed E-state index contributed by atoms with van der Waals surface area (Å²) in [6.07, 6.45) is 0.985. The molecule has 0 bridgehead atoms. The van der Waals surface area contributed by atoms with Gasteiger partial charge in [0, 0.05) is 6.04 Å². The predicted molar refractivity (Wildman–Crippen MR) is 93.6 cm³/mol. The summed E-state index contributed by atoms with van der Waals surface area (Å²) in [6, 6.07) is 16.4. The van der Waals surface area contributed by atoms with Crippen LogP contribution in [0.5, 0.6) is 0 Å². The number of halogens is 2. The summed E-state index contributed by atoms with van der Waals surface area (Å²) in [5.41, 5.74) is 2.24. The molecule has 2 rings (SSSR count). The topological polar surface area (TPSA) is 12.0 Å². The number of anilines is 1. The standard InChI is InChI=1S/C18H21Cl2N/c1-13(21-17-15(19)10-7-11-16(17)20)12-18(2,3)14-8-5-4-6-9-14/h4-11,13,21H,12H2,1-3H3. The van der Waals surface area contributed by atoms with Gasteiger partial charge in [0.15, 0.2) is 0 Å². The van der Waals surface area contributed by atoms with Crippen LogP contribution in [0.2, 0.25) is 10.0 Å². The minimum atomic E-state index is 0.0847. The first-order valence-electron chi connectivity index (χ1n) is 7.16. The van der Waals surface area contributed by atoms with Gasteiger partial charge in [-0.15, -0.1) is 0 Å². The largest absolute Gasteiger partial charge is 0.380 e. The summed E-state index contributed by atoms with van der Waals surface area (Å²) in [7, 11) is 0. The average molecular weight is 322 g/mol. The van der Waals surface area contributed by atoms with E-state index in [0.717, 1.165) is 12.1 Å². The molecule has 0 aliphatic heterocycles. The van der Waals surface area contributed by atoms with E-state index in [2.05, 4.69) is 50.4 Å². The second-order valence-corrected chi connectivity index (χ2v) is 6.91. The van der Waals surface area contributed by atoms with E-state index in [4.69, 9.17) is 23.2 Å². The van der Waals surface area contributed by atoms with Crippen molar-refractivity contribution in [1.82, 2.24) is 0 Å². The van der Waals surface area contributed by atoms with Gasteiger partial charge >= 0.3 is 0 Å². The van der Waals surface area contributed by atoms with E-state index in [0.29, 0.717) is 10.0 Å². The molecule has 0 saturated carbocycles. The molecular weight excluding hydrogens is 301 g/mol. The van der Waals surface area contributed by atoms with E-state index in [9.17, 15) is 0 Å². The zero-order valence-electron chi connectivity index (χ0n) is 12.7. The van der Waals surface area contributed by atoms with E-state index < -0.39 is 0 Å². The molecule has 0 spiro atoms. The van der Waals surface area contributed by atoms with Gasteiger partial charge in [-0.25, -0.2) is 0 Å². The Morgan fingerprint density at radius 1 is 0.952 bits per heavy atom. The SMILES string of the molecule is CC(CC(C)(C)c1ccccc1)Nc1c(Cl)cccc1Cl. The molecule has 2 aromatic rings. The second-order valence-electron chi connectivity index (χ2n) is 6.10. The smallest absolute Gasteiger partial charge is 0.0720 e. The molecule has 0 radical (unpaired) electrons. The third-order valence-electron chi connectivity index (χ3n) is 3.73. The Kier molecular flexibility index (Phi) is 5.18. The molecule has 0 saturated heterocycles. The van der Waals surface area contributed by atoms with Crippen LogP contribution in [0.25, 0.3) is 0 Å². The highest BCUT2D eigenvalue weighted by atomic mass is 35.5. The van der Waals surface area contributed by atoms with Crippen LogP contribution in [-0.4, -0.2) is 6.04 Å². The molecule has 1 atom stereocenters. The number of hydrogen-bond acceptors (Lipinski definition) is 1. The third-order valence-corrected chi connectivity index (χ3v) is 4.36. The van der Waals surface area contributed by atoms with Gasteiger partial charge in [0.1, 0.15) is 0 Å². The number of nitrogens with one attached hydrogen (secondary N) is 1. The van der Waals surface area contributed by atoms with Crippen molar-refractivity contribution in [1.29, 1.82) is 0 Å². The lowest BCUT2D eigenvalue weighted by Gasteiger charge is -2.30. The maximum Gasteiger partial charge on any atom is 0.0720 e. The molecule has 0 fully saturated rings. The molecule has 1 N–H and O–H groups in total.